The molecule has 1 aromatic rings. The van der Waals surface area contributed by atoms with Crippen LogP contribution in [0.1, 0.15) is 78.2 Å². The SMILES string of the molecule is CCCCC[C@@H]1C[C@]2(CO2)[C@@H]([C@@]2(C)O[C@@H]2CCC(C)C)[C@H](OC)[C@@H]1OC(=O)C=Cc1ccc(OC)cc1. The normalized spacial score (nSPS) is 34.7. The molecule has 2 saturated heterocycles. The molecule has 1 saturated carbocycles. The molecule has 0 unspecified atom stereocenters. The quantitative estimate of drug-likeness (QED) is 0.135. The Balaban J connectivity index is 1.52. The van der Waals surface area contributed by atoms with Gasteiger partial charge in [0.2, 0.25) is 0 Å². The monoisotopic (exact) mass is 514 g/mol. The summed E-state index contributed by atoms with van der Waals surface area (Å²) in [7, 11) is 3.38. The molecule has 0 bridgehead atoms. The molecule has 1 spiro atoms. The van der Waals surface area contributed by atoms with Crippen molar-refractivity contribution in [2.75, 3.05) is 20.8 Å². The molecule has 2 heterocycles. The lowest BCUT2D eigenvalue weighted by Gasteiger charge is -2.46. The van der Waals surface area contributed by atoms with Crippen molar-refractivity contribution in [2.45, 2.75) is 102 Å². The highest BCUT2D eigenvalue weighted by Crippen LogP contribution is 2.61. The molecule has 37 heavy (non-hydrogen) atoms. The van der Waals surface area contributed by atoms with Crippen LogP contribution in [0.3, 0.4) is 0 Å². The van der Waals surface area contributed by atoms with Crippen LogP contribution in [0.2, 0.25) is 0 Å². The summed E-state index contributed by atoms with van der Waals surface area (Å²) in [6, 6.07) is 7.59. The highest BCUT2D eigenvalue weighted by Gasteiger charge is 2.73. The van der Waals surface area contributed by atoms with E-state index in [2.05, 4.69) is 27.7 Å². The Hall–Kier alpha value is -1.89. The summed E-state index contributed by atoms with van der Waals surface area (Å²) in [6.45, 7) is 9.65. The maximum atomic E-state index is 13.1. The van der Waals surface area contributed by atoms with Crippen LogP contribution in [0.25, 0.3) is 6.08 Å². The third kappa shape index (κ3) is 6.40. The standard InChI is InChI=1S/C31H46O6/c1-7-8-9-10-23-19-31(20-35-31)29(30(4)25(37-30)17-11-21(2)3)28(34-6)27(23)36-26(32)18-14-22-12-15-24(33-5)16-13-22/h12-16,18,21,23,25,27-29H,7-11,17,19-20H2,1-6H3/t23-,25-,27-,28-,29-,30+,31+/m1/s1. The van der Waals surface area contributed by atoms with Crippen molar-refractivity contribution in [3.8, 4) is 5.75 Å². The molecule has 0 radical (unpaired) electrons. The van der Waals surface area contributed by atoms with Gasteiger partial charge in [-0.15, -0.1) is 0 Å². The van der Waals surface area contributed by atoms with Crippen LogP contribution in [0.4, 0.5) is 0 Å². The van der Waals surface area contributed by atoms with Gasteiger partial charge >= 0.3 is 5.97 Å². The Bertz CT molecular complexity index is 920. The minimum Gasteiger partial charge on any atom is -0.497 e. The molecular formula is C31H46O6. The lowest BCUT2D eigenvalue weighted by molar-refractivity contribution is -0.179. The van der Waals surface area contributed by atoms with Crippen molar-refractivity contribution in [1.29, 1.82) is 0 Å². The molecule has 1 aliphatic carbocycles. The number of rotatable bonds is 13. The van der Waals surface area contributed by atoms with Crippen LogP contribution in [-0.4, -0.2) is 56.3 Å². The maximum Gasteiger partial charge on any atom is 0.331 e. The van der Waals surface area contributed by atoms with E-state index in [0.29, 0.717) is 5.92 Å². The van der Waals surface area contributed by atoms with Crippen LogP contribution in [0.15, 0.2) is 30.3 Å². The zero-order chi connectivity index (χ0) is 26.6. The largest absolute Gasteiger partial charge is 0.497 e. The molecule has 6 nitrogen and oxygen atoms in total. The van der Waals surface area contributed by atoms with Gasteiger partial charge in [0.15, 0.2) is 0 Å². The van der Waals surface area contributed by atoms with E-state index >= 15 is 0 Å². The predicted molar refractivity (Wildman–Crippen MR) is 144 cm³/mol. The minimum absolute atomic E-state index is 0.0351. The second kappa shape index (κ2) is 11.9. The Morgan fingerprint density at radius 3 is 2.46 bits per heavy atom. The fraction of sp³-hybridized carbons (Fsp3) is 0.710. The molecule has 6 heteroatoms. The Morgan fingerprint density at radius 1 is 1.14 bits per heavy atom. The second-order valence-corrected chi connectivity index (χ2v) is 11.8. The highest BCUT2D eigenvalue weighted by atomic mass is 16.6. The molecule has 3 fully saturated rings. The average Bonchev–Trinajstić information content (AvgIpc) is 3.80. The van der Waals surface area contributed by atoms with Crippen molar-refractivity contribution in [3.05, 3.63) is 35.9 Å². The number of carbonyl (C=O) groups excluding carboxylic acids is 1. The van der Waals surface area contributed by atoms with Gasteiger partial charge in [0.1, 0.15) is 29.2 Å². The van der Waals surface area contributed by atoms with Crippen LogP contribution in [0, 0.1) is 17.8 Å². The van der Waals surface area contributed by atoms with Gasteiger partial charge in [0.25, 0.3) is 0 Å². The van der Waals surface area contributed by atoms with Gasteiger partial charge in [0, 0.05) is 19.1 Å². The fourth-order valence-corrected chi connectivity index (χ4v) is 6.47. The van der Waals surface area contributed by atoms with Crippen molar-refractivity contribution < 1.29 is 28.5 Å². The van der Waals surface area contributed by atoms with Gasteiger partial charge in [0.05, 0.1) is 25.7 Å². The number of esters is 1. The van der Waals surface area contributed by atoms with E-state index in [1.165, 1.54) is 12.5 Å². The lowest BCUT2D eigenvalue weighted by atomic mass is 9.63. The first-order chi connectivity index (χ1) is 17.8. The van der Waals surface area contributed by atoms with Crippen molar-refractivity contribution in [1.82, 2.24) is 0 Å². The molecule has 0 amide bonds. The lowest BCUT2D eigenvalue weighted by Crippen LogP contribution is -2.59. The van der Waals surface area contributed by atoms with E-state index in [9.17, 15) is 4.79 Å². The molecule has 2 aliphatic heterocycles. The first-order valence-corrected chi connectivity index (χ1v) is 14.1. The number of methoxy groups -OCH3 is 2. The number of benzene rings is 1. The Kier molecular flexibility index (Phi) is 9.03. The Morgan fingerprint density at radius 2 is 1.86 bits per heavy atom. The molecule has 1 aromatic carbocycles. The van der Waals surface area contributed by atoms with Gasteiger partial charge in [-0.2, -0.15) is 0 Å². The smallest absolute Gasteiger partial charge is 0.331 e. The topological polar surface area (TPSA) is 69.8 Å². The summed E-state index contributed by atoms with van der Waals surface area (Å²) < 4.78 is 30.2. The first kappa shape index (κ1) is 28.1. The van der Waals surface area contributed by atoms with E-state index in [4.69, 9.17) is 23.7 Å². The van der Waals surface area contributed by atoms with E-state index in [1.54, 1.807) is 20.3 Å². The van der Waals surface area contributed by atoms with Gasteiger partial charge in [-0.25, -0.2) is 4.79 Å². The van der Waals surface area contributed by atoms with E-state index in [1.807, 2.05) is 24.3 Å². The minimum atomic E-state index is -0.340. The predicted octanol–water partition coefficient (Wildman–Crippen LogP) is 6.21. The summed E-state index contributed by atoms with van der Waals surface area (Å²) in [4.78, 5) is 13.1. The molecular weight excluding hydrogens is 468 g/mol. The highest BCUT2D eigenvalue weighted by molar-refractivity contribution is 5.87. The third-order valence-electron chi connectivity index (χ3n) is 8.64. The van der Waals surface area contributed by atoms with Gasteiger partial charge in [-0.1, -0.05) is 52.2 Å². The van der Waals surface area contributed by atoms with Crippen LogP contribution in [0.5, 0.6) is 5.75 Å². The third-order valence-corrected chi connectivity index (χ3v) is 8.64. The number of carbonyl (C=O) groups is 1. The van der Waals surface area contributed by atoms with Crippen LogP contribution < -0.4 is 4.74 Å². The summed E-state index contributed by atoms with van der Waals surface area (Å²) in [6.07, 6.45) is 10.4. The maximum absolute atomic E-state index is 13.1. The van der Waals surface area contributed by atoms with Crippen LogP contribution >= 0.6 is 0 Å². The van der Waals surface area contributed by atoms with Gasteiger partial charge < -0.3 is 23.7 Å². The number of hydrogen-bond donors (Lipinski definition) is 0. The van der Waals surface area contributed by atoms with E-state index < -0.39 is 0 Å². The summed E-state index contributed by atoms with van der Waals surface area (Å²) in [5, 5.41) is 0. The first-order valence-electron chi connectivity index (χ1n) is 14.1. The van der Waals surface area contributed by atoms with Crippen molar-refractivity contribution in [3.63, 3.8) is 0 Å². The van der Waals surface area contributed by atoms with E-state index in [0.717, 1.165) is 56.4 Å². The zero-order valence-electron chi connectivity index (χ0n) is 23.5. The Labute approximate surface area is 223 Å². The summed E-state index contributed by atoms with van der Waals surface area (Å²) in [5.74, 6) is 1.31. The molecule has 206 valence electrons. The van der Waals surface area contributed by atoms with Gasteiger partial charge in [-0.05, 0) is 62.3 Å². The molecule has 0 aromatic heterocycles. The number of epoxide rings is 2. The average molecular weight is 515 g/mol. The van der Waals surface area contributed by atoms with E-state index in [-0.39, 0.29) is 47.3 Å². The van der Waals surface area contributed by atoms with Crippen molar-refractivity contribution >= 4 is 12.0 Å². The van der Waals surface area contributed by atoms with Crippen molar-refractivity contribution in [2.24, 2.45) is 17.8 Å². The summed E-state index contributed by atoms with van der Waals surface area (Å²) in [5.41, 5.74) is 0.365. The molecule has 7 atom stereocenters. The molecule has 3 aliphatic rings. The summed E-state index contributed by atoms with van der Waals surface area (Å²) >= 11 is 0. The van der Waals surface area contributed by atoms with Gasteiger partial charge in [-0.3, -0.25) is 0 Å². The fourth-order valence-electron chi connectivity index (χ4n) is 6.47. The second-order valence-electron chi connectivity index (χ2n) is 11.8. The number of unbranched alkanes of at least 4 members (excludes halogenated alkanes) is 2. The van der Waals surface area contributed by atoms with Crippen LogP contribution in [-0.2, 0) is 23.7 Å². The molecule has 0 N–H and O–H groups in total. The number of ether oxygens (including phenoxy) is 5. The molecule has 4 rings (SSSR count). The zero-order valence-corrected chi connectivity index (χ0v) is 23.5. The number of hydrogen-bond acceptors (Lipinski definition) is 6.